The molecule has 8 heteroatoms. The second-order valence-corrected chi connectivity index (χ2v) is 7.70. The Hall–Kier alpha value is -1.77. The number of nitrogens with zero attached hydrogens (tertiary/aromatic N) is 4. The van der Waals surface area contributed by atoms with Gasteiger partial charge in [0.25, 0.3) is 0 Å². The van der Waals surface area contributed by atoms with Crippen LogP contribution in [-0.2, 0) is 0 Å². The average molecular weight is 346 g/mol. The van der Waals surface area contributed by atoms with E-state index in [-0.39, 0.29) is 5.25 Å². The Labute approximate surface area is 138 Å². The highest BCUT2D eigenvalue weighted by Gasteiger charge is 2.19. The van der Waals surface area contributed by atoms with Gasteiger partial charge in [-0.2, -0.15) is 4.98 Å². The van der Waals surface area contributed by atoms with Crippen LogP contribution in [0.25, 0.3) is 20.9 Å². The van der Waals surface area contributed by atoms with Crippen molar-refractivity contribution in [3.8, 4) is 10.7 Å². The number of hydrogen-bond donors (Lipinski definition) is 0. The Bertz CT molecular complexity index is 900. The molecule has 5 nitrogen and oxygen atoms in total. The molecule has 0 bridgehead atoms. The fraction of sp³-hybridized carbons (Fsp3) is 0.143. The molecule has 0 amide bonds. The smallest absolute Gasteiger partial charge is 0.240 e. The van der Waals surface area contributed by atoms with E-state index in [2.05, 4.69) is 20.1 Å². The third-order valence-electron chi connectivity index (χ3n) is 3.03. The topological polar surface area (TPSA) is 64.7 Å². The highest BCUT2D eigenvalue weighted by atomic mass is 32.2. The van der Waals surface area contributed by atoms with Gasteiger partial charge in [-0.15, -0.1) is 22.7 Å². The van der Waals surface area contributed by atoms with Crippen LogP contribution >= 0.6 is 34.4 Å². The Kier molecular flexibility index (Phi) is 3.65. The van der Waals surface area contributed by atoms with Crippen LogP contribution in [0.2, 0.25) is 0 Å². The maximum absolute atomic E-state index is 5.40. The zero-order chi connectivity index (χ0) is 14.9. The summed E-state index contributed by atoms with van der Waals surface area (Å²) < 4.78 is 6.50. The van der Waals surface area contributed by atoms with E-state index in [9.17, 15) is 0 Å². The van der Waals surface area contributed by atoms with E-state index in [1.54, 1.807) is 40.8 Å². The Morgan fingerprint density at radius 2 is 2.14 bits per heavy atom. The first-order valence-corrected chi connectivity index (χ1v) is 9.17. The van der Waals surface area contributed by atoms with Gasteiger partial charge in [0.15, 0.2) is 0 Å². The molecule has 0 saturated heterocycles. The molecule has 0 aromatic carbocycles. The van der Waals surface area contributed by atoms with Crippen LogP contribution in [0.3, 0.4) is 0 Å². The molecule has 0 aliphatic rings. The summed E-state index contributed by atoms with van der Waals surface area (Å²) in [5.41, 5.74) is 0.972. The lowest BCUT2D eigenvalue weighted by molar-refractivity contribution is 0.381. The van der Waals surface area contributed by atoms with Gasteiger partial charge in [0.2, 0.25) is 11.7 Å². The monoisotopic (exact) mass is 346 g/mol. The SMILES string of the molecule is C[C@H](Sc1ncnc2ccsc12)c1nc(-c2cccs2)no1. The predicted octanol–water partition coefficient (Wildman–Crippen LogP) is 4.66. The number of aromatic nitrogens is 4. The fourth-order valence-electron chi connectivity index (χ4n) is 1.97. The number of hydrogen-bond acceptors (Lipinski definition) is 8. The van der Waals surface area contributed by atoms with Gasteiger partial charge in [-0.25, -0.2) is 9.97 Å². The van der Waals surface area contributed by atoms with Crippen molar-refractivity contribution in [2.24, 2.45) is 0 Å². The zero-order valence-electron chi connectivity index (χ0n) is 11.5. The minimum Gasteiger partial charge on any atom is -0.338 e. The van der Waals surface area contributed by atoms with E-state index in [1.807, 2.05) is 35.9 Å². The third kappa shape index (κ3) is 2.53. The summed E-state index contributed by atoms with van der Waals surface area (Å²) in [4.78, 5) is 14.1. The Balaban J connectivity index is 1.60. The summed E-state index contributed by atoms with van der Waals surface area (Å²) in [7, 11) is 0. The molecule has 110 valence electrons. The summed E-state index contributed by atoms with van der Waals surface area (Å²) in [6.07, 6.45) is 1.59. The fourth-order valence-corrected chi connectivity index (χ4v) is 4.49. The molecule has 0 spiro atoms. The molecular formula is C14H10N4OS3. The minimum absolute atomic E-state index is 0.0291. The molecule has 0 radical (unpaired) electrons. The van der Waals surface area contributed by atoms with E-state index < -0.39 is 0 Å². The number of fused-ring (bicyclic) bond motifs is 1. The van der Waals surface area contributed by atoms with Gasteiger partial charge in [0, 0.05) is 0 Å². The van der Waals surface area contributed by atoms with Crippen LogP contribution in [0.5, 0.6) is 0 Å². The van der Waals surface area contributed by atoms with Crippen molar-refractivity contribution in [1.29, 1.82) is 0 Å². The third-order valence-corrected chi connectivity index (χ3v) is 6.02. The van der Waals surface area contributed by atoms with Crippen LogP contribution < -0.4 is 0 Å². The lowest BCUT2D eigenvalue weighted by atomic mass is 10.4. The quantitative estimate of drug-likeness (QED) is 0.396. The van der Waals surface area contributed by atoms with Crippen molar-refractivity contribution < 1.29 is 4.52 Å². The molecule has 4 rings (SSSR count). The van der Waals surface area contributed by atoms with E-state index in [0.29, 0.717) is 11.7 Å². The number of thioether (sulfide) groups is 1. The van der Waals surface area contributed by atoms with Gasteiger partial charge in [-0.05, 0) is 29.8 Å². The second-order valence-electron chi connectivity index (χ2n) is 4.51. The largest absolute Gasteiger partial charge is 0.338 e. The van der Waals surface area contributed by atoms with Crippen molar-refractivity contribution in [1.82, 2.24) is 20.1 Å². The summed E-state index contributed by atoms with van der Waals surface area (Å²) in [6.45, 7) is 2.04. The van der Waals surface area contributed by atoms with Crippen molar-refractivity contribution in [3.63, 3.8) is 0 Å². The molecular weight excluding hydrogens is 336 g/mol. The highest BCUT2D eigenvalue weighted by Crippen LogP contribution is 2.38. The van der Waals surface area contributed by atoms with Crippen LogP contribution in [-0.4, -0.2) is 20.1 Å². The summed E-state index contributed by atoms with van der Waals surface area (Å²) in [5.74, 6) is 1.25. The van der Waals surface area contributed by atoms with Gasteiger partial charge in [-0.3, -0.25) is 0 Å². The Morgan fingerprint density at radius 3 is 3.00 bits per heavy atom. The van der Waals surface area contributed by atoms with E-state index in [4.69, 9.17) is 4.52 Å². The molecule has 22 heavy (non-hydrogen) atoms. The van der Waals surface area contributed by atoms with Gasteiger partial charge in [0.05, 0.1) is 20.3 Å². The van der Waals surface area contributed by atoms with Crippen molar-refractivity contribution in [2.45, 2.75) is 17.2 Å². The molecule has 0 aliphatic heterocycles. The van der Waals surface area contributed by atoms with Crippen LogP contribution in [0, 0.1) is 0 Å². The molecule has 4 heterocycles. The zero-order valence-corrected chi connectivity index (χ0v) is 13.9. The van der Waals surface area contributed by atoms with Crippen molar-refractivity contribution in [3.05, 3.63) is 41.2 Å². The van der Waals surface area contributed by atoms with Gasteiger partial charge in [0.1, 0.15) is 11.4 Å². The van der Waals surface area contributed by atoms with Gasteiger partial charge >= 0.3 is 0 Å². The van der Waals surface area contributed by atoms with E-state index in [0.717, 1.165) is 20.1 Å². The average Bonchev–Trinajstić information content (AvgIpc) is 3.27. The van der Waals surface area contributed by atoms with Crippen molar-refractivity contribution >= 4 is 44.7 Å². The first-order valence-electron chi connectivity index (χ1n) is 6.53. The maximum Gasteiger partial charge on any atom is 0.240 e. The molecule has 0 fully saturated rings. The maximum atomic E-state index is 5.40. The summed E-state index contributed by atoms with van der Waals surface area (Å²) in [6, 6.07) is 5.96. The molecule has 4 aromatic rings. The summed E-state index contributed by atoms with van der Waals surface area (Å²) in [5, 5.41) is 9.05. The number of thiophene rings is 2. The highest BCUT2D eigenvalue weighted by molar-refractivity contribution is 7.99. The lowest BCUT2D eigenvalue weighted by Gasteiger charge is -2.05. The predicted molar refractivity (Wildman–Crippen MR) is 89.3 cm³/mol. The Morgan fingerprint density at radius 1 is 1.18 bits per heavy atom. The first kappa shape index (κ1) is 13.9. The van der Waals surface area contributed by atoms with Crippen LogP contribution in [0.4, 0.5) is 0 Å². The molecule has 0 unspecified atom stereocenters. The van der Waals surface area contributed by atoms with E-state index in [1.165, 1.54) is 0 Å². The minimum atomic E-state index is 0.0291. The summed E-state index contributed by atoms with van der Waals surface area (Å²) >= 11 is 4.85. The first-order chi connectivity index (χ1) is 10.8. The number of rotatable bonds is 4. The van der Waals surface area contributed by atoms with Gasteiger partial charge < -0.3 is 4.52 Å². The molecule has 0 aliphatic carbocycles. The molecule has 0 N–H and O–H groups in total. The van der Waals surface area contributed by atoms with Crippen LogP contribution in [0.15, 0.2) is 44.8 Å². The van der Waals surface area contributed by atoms with Gasteiger partial charge in [-0.1, -0.05) is 23.0 Å². The molecule has 1 atom stereocenters. The molecule has 0 saturated carbocycles. The van der Waals surface area contributed by atoms with Crippen LogP contribution in [0.1, 0.15) is 18.1 Å². The standard InChI is InChI=1S/C14H10N4OS3/c1-8(13-17-12(18-19-13)10-3-2-5-20-10)22-14-11-9(4-6-21-11)15-7-16-14/h2-8H,1H3/t8-/m0/s1. The van der Waals surface area contributed by atoms with Crippen molar-refractivity contribution in [2.75, 3.05) is 0 Å². The lowest BCUT2D eigenvalue weighted by Crippen LogP contribution is -1.91. The van der Waals surface area contributed by atoms with E-state index >= 15 is 0 Å². The molecule has 4 aromatic heterocycles. The second kappa shape index (κ2) is 5.79. The normalized spacial score (nSPS) is 12.8.